The van der Waals surface area contributed by atoms with Crippen LogP contribution in [0.4, 0.5) is 5.69 Å². The molecule has 2 saturated carbocycles. The minimum Gasteiger partial charge on any atom is -0.504 e. The topological polar surface area (TPSA) is 123 Å². The van der Waals surface area contributed by atoms with Crippen molar-refractivity contribution < 1.29 is 19.6 Å². The smallest absolute Gasteiger partial charge is 0.314 e. The Kier molecular flexibility index (Phi) is 5.42. The van der Waals surface area contributed by atoms with E-state index in [4.69, 9.17) is 9.57 Å². The number of nitro benzene ring substituents is 1. The third-order valence-electron chi connectivity index (χ3n) is 8.14. The molecule has 1 unspecified atom stereocenters. The Morgan fingerprint density at radius 2 is 2.00 bits per heavy atom. The lowest BCUT2D eigenvalue weighted by atomic mass is 9.56. The maximum atomic E-state index is 11.6. The number of benzene rings is 2. The average Bonchev–Trinajstić information content (AvgIpc) is 3.18. The van der Waals surface area contributed by atoms with Crippen LogP contribution >= 0.6 is 0 Å². The van der Waals surface area contributed by atoms with Crippen LogP contribution in [-0.4, -0.2) is 23.2 Å². The molecule has 5 atom stereocenters. The number of allylic oxidation sites excluding steroid dienone is 1. The zero-order chi connectivity index (χ0) is 24.0. The van der Waals surface area contributed by atoms with Gasteiger partial charge in [0, 0.05) is 11.6 Å². The number of nitrogens with one attached hydrogen (secondary N) is 1. The maximum absolute atomic E-state index is 11.6. The predicted molar refractivity (Wildman–Crippen MR) is 125 cm³/mol. The summed E-state index contributed by atoms with van der Waals surface area (Å²) in [6.45, 7) is 2.17. The number of rotatable bonds is 6. The van der Waals surface area contributed by atoms with Crippen LogP contribution in [0, 0.1) is 32.3 Å². The summed E-state index contributed by atoms with van der Waals surface area (Å²) in [7, 11) is 1.52. The van der Waals surface area contributed by atoms with E-state index < -0.39 is 4.92 Å². The highest BCUT2D eigenvalue weighted by atomic mass is 16.7. The number of aromatic hydroxyl groups is 1. The number of nitrogens with zero attached hydrogens (tertiary/aromatic N) is 2. The molecule has 0 heterocycles. The molecular formula is C25H27N3O6. The van der Waals surface area contributed by atoms with Crippen molar-refractivity contribution in [2.75, 3.05) is 7.11 Å². The summed E-state index contributed by atoms with van der Waals surface area (Å²) in [5.41, 5.74) is 5.03. The molecule has 3 aliphatic rings. The van der Waals surface area contributed by atoms with Gasteiger partial charge in [0.1, 0.15) is 0 Å². The minimum atomic E-state index is -0.495. The molecule has 0 saturated heterocycles. The summed E-state index contributed by atoms with van der Waals surface area (Å²) >= 11 is 0. The zero-order valence-corrected chi connectivity index (χ0v) is 19.1. The van der Waals surface area contributed by atoms with Gasteiger partial charge in [0.2, 0.25) is 5.75 Å². The van der Waals surface area contributed by atoms with Crippen LogP contribution < -0.4 is 15.1 Å². The van der Waals surface area contributed by atoms with Gasteiger partial charge in [-0.05, 0) is 72.6 Å². The Hall–Kier alpha value is -3.62. The number of methoxy groups -OCH3 is 1. The summed E-state index contributed by atoms with van der Waals surface area (Å²) in [6.07, 6.45) is 5.58. The number of nitroso groups, excluding NO2 is 1. The first-order valence-electron chi connectivity index (χ1n) is 11.5. The quantitative estimate of drug-likeness (QED) is 0.337. The van der Waals surface area contributed by atoms with E-state index in [1.54, 1.807) is 18.2 Å². The molecule has 0 bridgehead atoms. The van der Waals surface area contributed by atoms with Crippen LogP contribution in [0.1, 0.15) is 49.7 Å². The second-order valence-corrected chi connectivity index (χ2v) is 9.65. The van der Waals surface area contributed by atoms with Gasteiger partial charge in [-0.3, -0.25) is 10.1 Å². The lowest BCUT2D eigenvalue weighted by Gasteiger charge is -2.48. The van der Waals surface area contributed by atoms with Gasteiger partial charge in [0.05, 0.1) is 23.8 Å². The number of hydroxylamine groups is 1. The van der Waals surface area contributed by atoms with Crippen LogP contribution in [0.15, 0.2) is 47.7 Å². The zero-order valence-electron chi connectivity index (χ0n) is 19.1. The van der Waals surface area contributed by atoms with Gasteiger partial charge in [-0.2, -0.15) is 4.91 Å². The number of hydrogen-bond acceptors (Lipinski definition) is 8. The van der Waals surface area contributed by atoms with Crippen molar-refractivity contribution in [2.45, 2.75) is 44.6 Å². The first-order chi connectivity index (χ1) is 16.4. The van der Waals surface area contributed by atoms with Gasteiger partial charge in [-0.1, -0.05) is 30.3 Å². The van der Waals surface area contributed by atoms with Gasteiger partial charge >= 0.3 is 5.69 Å². The lowest BCUT2D eigenvalue weighted by molar-refractivity contribution is -0.386. The van der Waals surface area contributed by atoms with Crippen molar-refractivity contribution in [3.63, 3.8) is 0 Å². The monoisotopic (exact) mass is 465 g/mol. The van der Waals surface area contributed by atoms with E-state index in [0.29, 0.717) is 11.4 Å². The van der Waals surface area contributed by atoms with Gasteiger partial charge < -0.3 is 14.7 Å². The summed E-state index contributed by atoms with van der Waals surface area (Å²) in [5, 5.41) is 25.3. The number of fused-ring (bicyclic) bond motifs is 5. The van der Waals surface area contributed by atoms with Gasteiger partial charge in [0.15, 0.2) is 11.5 Å². The second kappa shape index (κ2) is 8.30. The highest BCUT2D eigenvalue weighted by Crippen LogP contribution is 2.61. The number of phenolic OH excluding ortho intramolecular Hbond substituents is 1. The first-order valence-corrected chi connectivity index (χ1v) is 11.5. The summed E-state index contributed by atoms with van der Waals surface area (Å²) in [6, 6.07) is 9.47. The molecule has 0 aliphatic heterocycles. The molecular weight excluding hydrogens is 438 g/mol. The number of phenols is 1. The van der Waals surface area contributed by atoms with Crippen LogP contribution in [0.3, 0.4) is 0 Å². The fourth-order valence-electron chi connectivity index (χ4n) is 6.40. The number of nitro groups is 1. The molecule has 3 aliphatic carbocycles. The van der Waals surface area contributed by atoms with Crippen molar-refractivity contribution in [1.29, 1.82) is 0 Å². The molecule has 0 spiro atoms. The molecule has 34 heavy (non-hydrogen) atoms. The normalized spacial score (nSPS) is 29.2. The molecule has 0 amide bonds. The third-order valence-corrected chi connectivity index (χ3v) is 8.14. The standard InChI is InChI=1S/C25H27N3O6/c1-25-10-9-14-15-13-23(33-2)21(29)12-17(15)19(11-16(14)18(25)7-8-24(25)26-30)27-34-22-6-4-3-5-20(22)28(31)32/h3-6,11-14,16,18,24,27,29H,7-10H2,1-2H3/t14-,16-,18+,24?,25+/m1/s1. The average molecular weight is 466 g/mol. The molecule has 9 nitrogen and oxygen atoms in total. The fraction of sp³-hybridized carbons (Fsp3) is 0.440. The minimum absolute atomic E-state index is 0.00447. The van der Waals surface area contributed by atoms with Crippen LogP contribution in [0.2, 0.25) is 0 Å². The Labute approximate surface area is 196 Å². The van der Waals surface area contributed by atoms with Crippen molar-refractivity contribution in [3.8, 4) is 17.2 Å². The summed E-state index contributed by atoms with van der Waals surface area (Å²) < 4.78 is 5.39. The largest absolute Gasteiger partial charge is 0.504 e. The van der Waals surface area contributed by atoms with Crippen molar-refractivity contribution in [1.82, 2.24) is 5.48 Å². The van der Waals surface area contributed by atoms with Crippen LogP contribution in [0.25, 0.3) is 5.70 Å². The molecule has 0 radical (unpaired) electrons. The SMILES string of the molecule is COc1cc2c(cc1O)C(NOc1ccccc1[N+](=O)[O-])=C[C@@H]1[C@@H]2CC[C@]2(C)C(N=O)CC[C@@H]12. The molecule has 2 N–H and O–H groups in total. The molecule has 9 heteroatoms. The highest BCUT2D eigenvalue weighted by Gasteiger charge is 2.55. The van der Waals surface area contributed by atoms with E-state index in [2.05, 4.69) is 23.7 Å². The molecule has 2 aromatic carbocycles. The van der Waals surface area contributed by atoms with E-state index in [0.717, 1.165) is 36.8 Å². The van der Waals surface area contributed by atoms with E-state index in [-0.39, 0.29) is 46.4 Å². The van der Waals surface area contributed by atoms with Gasteiger partial charge in [-0.25, -0.2) is 5.48 Å². The maximum Gasteiger partial charge on any atom is 0.314 e. The second-order valence-electron chi connectivity index (χ2n) is 9.65. The highest BCUT2D eigenvalue weighted by molar-refractivity contribution is 5.73. The van der Waals surface area contributed by atoms with E-state index in [1.165, 1.54) is 19.2 Å². The summed E-state index contributed by atoms with van der Waals surface area (Å²) in [5.74, 6) is 1.09. The lowest BCUT2D eigenvalue weighted by Crippen LogP contribution is -2.43. The fourth-order valence-corrected chi connectivity index (χ4v) is 6.40. The van der Waals surface area contributed by atoms with Crippen LogP contribution in [-0.2, 0) is 0 Å². The van der Waals surface area contributed by atoms with Crippen molar-refractivity contribution in [3.05, 3.63) is 68.6 Å². The Morgan fingerprint density at radius 3 is 2.74 bits per heavy atom. The van der Waals surface area contributed by atoms with Crippen LogP contribution in [0.5, 0.6) is 17.2 Å². The Bertz CT molecular complexity index is 1180. The van der Waals surface area contributed by atoms with Crippen molar-refractivity contribution >= 4 is 11.4 Å². The number of ether oxygens (including phenoxy) is 1. The van der Waals surface area contributed by atoms with E-state index in [9.17, 15) is 20.1 Å². The van der Waals surface area contributed by atoms with Gasteiger partial charge in [0.25, 0.3) is 0 Å². The first kappa shape index (κ1) is 22.2. The Balaban J connectivity index is 1.55. The molecule has 178 valence electrons. The van der Waals surface area contributed by atoms with E-state index in [1.807, 2.05) is 6.07 Å². The van der Waals surface area contributed by atoms with Crippen molar-refractivity contribution in [2.24, 2.45) is 22.4 Å². The molecule has 2 aromatic rings. The third kappa shape index (κ3) is 3.38. The molecule has 5 rings (SSSR count). The van der Waals surface area contributed by atoms with E-state index >= 15 is 0 Å². The predicted octanol–water partition coefficient (Wildman–Crippen LogP) is 5.29. The number of para-hydroxylation sites is 2. The summed E-state index contributed by atoms with van der Waals surface area (Å²) in [4.78, 5) is 28.2. The van der Waals surface area contributed by atoms with Gasteiger partial charge in [-0.15, -0.1) is 0 Å². The number of hydrogen-bond donors (Lipinski definition) is 2. The molecule has 2 fully saturated rings. The molecule has 0 aromatic heterocycles. The Morgan fingerprint density at radius 1 is 1.21 bits per heavy atom.